The maximum Gasteiger partial charge on any atom is 0.232 e. The van der Waals surface area contributed by atoms with Gasteiger partial charge in [-0.3, -0.25) is 9.78 Å². The number of amides is 1. The number of rotatable bonds is 3. The summed E-state index contributed by atoms with van der Waals surface area (Å²) in [6.45, 7) is 2.64. The molecule has 2 aliphatic rings. The summed E-state index contributed by atoms with van der Waals surface area (Å²) in [5, 5.41) is 0. The Hall–Kier alpha value is -1.69. The topological polar surface area (TPSA) is 64.5 Å². The van der Waals surface area contributed by atoms with Gasteiger partial charge in [0, 0.05) is 32.0 Å². The highest BCUT2D eigenvalue weighted by molar-refractivity contribution is 5.79. The summed E-state index contributed by atoms with van der Waals surface area (Å²) >= 11 is 0. The van der Waals surface area contributed by atoms with Gasteiger partial charge in [-0.15, -0.1) is 0 Å². The molecule has 3 heterocycles. The molecule has 2 saturated heterocycles. The molecule has 2 aliphatic heterocycles. The highest BCUT2D eigenvalue weighted by Gasteiger charge is 2.33. The summed E-state index contributed by atoms with van der Waals surface area (Å²) in [4.78, 5) is 22.1. The predicted octanol–water partition coefficient (Wildman–Crippen LogP) is 0.493. The van der Waals surface area contributed by atoms with Gasteiger partial charge in [-0.1, -0.05) is 0 Å². The fraction of sp³-hybridized carbons (Fsp3) is 0.615. The number of nitrogens with zero attached hydrogens (tertiary/aromatic N) is 3. The molecule has 6 heteroatoms. The quantitative estimate of drug-likeness (QED) is 0.794. The number of hydrogen-bond acceptors (Lipinski definition) is 5. The van der Waals surface area contributed by atoms with Crippen molar-refractivity contribution in [3.05, 3.63) is 18.6 Å². The number of hydrogen-bond donors (Lipinski definition) is 0. The van der Waals surface area contributed by atoms with Crippen molar-refractivity contribution in [1.82, 2.24) is 14.9 Å². The summed E-state index contributed by atoms with van der Waals surface area (Å²) in [7, 11) is 0. The number of ether oxygens (including phenoxy) is 2. The zero-order valence-electron chi connectivity index (χ0n) is 10.7. The van der Waals surface area contributed by atoms with E-state index < -0.39 is 0 Å². The molecule has 0 N–H and O–H groups in total. The Labute approximate surface area is 111 Å². The molecule has 6 nitrogen and oxygen atoms in total. The van der Waals surface area contributed by atoms with Gasteiger partial charge in [-0.05, 0) is 6.42 Å². The molecule has 3 rings (SSSR count). The van der Waals surface area contributed by atoms with Crippen molar-refractivity contribution >= 4 is 5.91 Å². The van der Waals surface area contributed by atoms with E-state index in [1.54, 1.807) is 18.6 Å². The van der Waals surface area contributed by atoms with Crippen LogP contribution in [-0.2, 0) is 9.53 Å². The van der Waals surface area contributed by atoms with E-state index >= 15 is 0 Å². The Bertz CT molecular complexity index is 434. The first-order valence-electron chi connectivity index (χ1n) is 6.62. The smallest absolute Gasteiger partial charge is 0.232 e. The Balaban J connectivity index is 1.53. The molecule has 0 spiro atoms. The Morgan fingerprint density at radius 3 is 3.11 bits per heavy atom. The second-order valence-corrected chi connectivity index (χ2v) is 4.92. The van der Waals surface area contributed by atoms with Crippen LogP contribution in [0.1, 0.15) is 12.8 Å². The standard InChI is InChI=1S/C13H17N3O3/c17-13(10-2-6-18-9-10)16-5-1-11(8-16)19-12-7-14-3-4-15-12/h3-4,7,10-11H,1-2,5-6,8-9H2. The normalized spacial score (nSPS) is 26.6. The second-order valence-electron chi connectivity index (χ2n) is 4.92. The predicted molar refractivity (Wildman–Crippen MR) is 66.6 cm³/mol. The minimum atomic E-state index is 0.0166. The molecular formula is C13H17N3O3. The van der Waals surface area contributed by atoms with Crippen LogP contribution in [0, 0.1) is 5.92 Å². The first-order chi connectivity index (χ1) is 9.33. The van der Waals surface area contributed by atoms with E-state index in [2.05, 4.69) is 9.97 Å². The molecule has 102 valence electrons. The summed E-state index contributed by atoms with van der Waals surface area (Å²) in [6, 6.07) is 0. The van der Waals surface area contributed by atoms with Gasteiger partial charge >= 0.3 is 0 Å². The van der Waals surface area contributed by atoms with Crippen molar-refractivity contribution in [2.45, 2.75) is 18.9 Å². The monoisotopic (exact) mass is 263 g/mol. The number of aromatic nitrogens is 2. The number of carbonyl (C=O) groups is 1. The fourth-order valence-electron chi connectivity index (χ4n) is 2.53. The average molecular weight is 263 g/mol. The number of carbonyl (C=O) groups excluding carboxylic acids is 1. The van der Waals surface area contributed by atoms with Crippen LogP contribution in [0.4, 0.5) is 0 Å². The lowest BCUT2D eigenvalue weighted by Gasteiger charge is -2.19. The van der Waals surface area contributed by atoms with Gasteiger partial charge in [-0.2, -0.15) is 0 Å². The lowest BCUT2D eigenvalue weighted by Crippen LogP contribution is -2.36. The number of likely N-dealkylation sites (tertiary alicyclic amines) is 1. The van der Waals surface area contributed by atoms with Crippen LogP contribution in [0.15, 0.2) is 18.6 Å². The van der Waals surface area contributed by atoms with E-state index in [-0.39, 0.29) is 17.9 Å². The van der Waals surface area contributed by atoms with Crippen molar-refractivity contribution < 1.29 is 14.3 Å². The molecule has 0 radical (unpaired) electrons. The maximum absolute atomic E-state index is 12.2. The Morgan fingerprint density at radius 1 is 1.42 bits per heavy atom. The van der Waals surface area contributed by atoms with Crippen LogP contribution >= 0.6 is 0 Å². The third kappa shape index (κ3) is 2.84. The third-order valence-electron chi connectivity index (χ3n) is 3.56. The summed E-state index contributed by atoms with van der Waals surface area (Å²) in [6.07, 6.45) is 6.50. The van der Waals surface area contributed by atoms with E-state index in [4.69, 9.17) is 9.47 Å². The first-order valence-corrected chi connectivity index (χ1v) is 6.62. The lowest BCUT2D eigenvalue weighted by molar-refractivity contribution is -0.134. The van der Waals surface area contributed by atoms with Crippen molar-refractivity contribution in [3.63, 3.8) is 0 Å². The first kappa shape index (κ1) is 12.3. The molecule has 0 bridgehead atoms. The van der Waals surface area contributed by atoms with Crippen molar-refractivity contribution in [3.8, 4) is 5.88 Å². The van der Waals surface area contributed by atoms with Crippen LogP contribution in [-0.4, -0.2) is 53.2 Å². The molecule has 1 aromatic heterocycles. The zero-order chi connectivity index (χ0) is 13.1. The zero-order valence-corrected chi connectivity index (χ0v) is 10.7. The van der Waals surface area contributed by atoms with E-state index in [1.807, 2.05) is 4.90 Å². The van der Waals surface area contributed by atoms with Crippen molar-refractivity contribution in [2.24, 2.45) is 5.92 Å². The molecule has 2 fully saturated rings. The van der Waals surface area contributed by atoms with E-state index in [0.29, 0.717) is 25.6 Å². The molecule has 1 amide bonds. The van der Waals surface area contributed by atoms with Gasteiger partial charge in [0.25, 0.3) is 0 Å². The van der Waals surface area contributed by atoms with Gasteiger partial charge in [0.2, 0.25) is 11.8 Å². The van der Waals surface area contributed by atoms with Gasteiger partial charge in [0.05, 0.1) is 25.3 Å². The van der Waals surface area contributed by atoms with Crippen LogP contribution in [0.5, 0.6) is 5.88 Å². The maximum atomic E-state index is 12.2. The molecule has 0 aliphatic carbocycles. The summed E-state index contributed by atoms with van der Waals surface area (Å²) in [5.74, 6) is 0.754. The SMILES string of the molecule is O=C(C1CCOC1)N1CCC(Oc2cnccn2)C1. The molecule has 1 aromatic rings. The fourth-order valence-corrected chi connectivity index (χ4v) is 2.53. The minimum absolute atomic E-state index is 0.0166. The van der Waals surface area contributed by atoms with Crippen LogP contribution in [0.25, 0.3) is 0 Å². The van der Waals surface area contributed by atoms with E-state index in [9.17, 15) is 4.79 Å². The lowest BCUT2D eigenvalue weighted by atomic mass is 10.1. The highest BCUT2D eigenvalue weighted by Crippen LogP contribution is 2.21. The molecule has 0 saturated carbocycles. The Morgan fingerprint density at radius 2 is 2.37 bits per heavy atom. The van der Waals surface area contributed by atoms with Crippen LogP contribution in [0.3, 0.4) is 0 Å². The van der Waals surface area contributed by atoms with Crippen LogP contribution < -0.4 is 4.74 Å². The van der Waals surface area contributed by atoms with Gasteiger partial charge in [0.15, 0.2) is 0 Å². The van der Waals surface area contributed by atoms with Gasteiger partial charge in [0.1, 0.15) is 6.10 Å². The summed E-state index contributed by atoms with van der Waals surface area (Å²) < 4.78 is 11.0. The molecule has 19 heavy (non-hydrogen) atoms. The van der Waals surface area contributed by atoms with Crippen LogP contribution in [0.2, 0.25) is 0 Å². The highest BCUT2D eigenvalue weighted by atomic mass is 16.5. The van der Waals surface area contributed by atoms with Gasteiger partial charge < -0.3 is 14.4 Å². The van der Waals surface area contributed by atoms with Gasteiger partial charge in [-0.25, -0.2) is 4.98 Å². The molecular weight excluding hydrogens is 246 g/mol. The molecule has 2 atom stereocenters. The van der Waals surface area contributed by atoms with E-state index in [0.717, 1.165) is 19.4 Å². The summed E-state index contributed by atoms with van der Waals surface area (Å²) in [5.41, 5.74) is 0. The van der Waals surface area contributed by atoms with E-state index in [1.165, 1.54) is 0 Å². The Kier molecular flexibility index (Phi) is 3.59. The largest absolute Gasteiger partial charge is 0.471 e. The minimum Gasteiger partial charge on any atom is -0.471 e. The molecule has 0 aromatic carbocycles. The average Bonchev–Trinajstić information content (AvgIpc) is 3.10. The van der Waals surface area contributed by atoms with Crippen molar-refractivity contribution in [2.75, 3.05) is 26.3 Å². The molecule has 2 unspecified atom stereocenters. The second kappa shape index (κ2) is 5.52. The third-order valence-corrected chi connectivity index (χ3v) is 3.56. The van der Waals surface area contributed by atoms with Crippen molar-refractivity contribution in [1.29, 1.82) is 0 Å².